The van der Waals surface area contributed by atoms with E-state index < -0.39 is 0 Å². The van der Waals surface area contributed by atoms with Gasteiger partial charge in [0.25, 0.3) is 0 Å². The first-order chi connectivity index (χ1) is 10.3. The van der Waals surface area contributed by atoms with Crippen LogP contribution >= 0.6 is 0 Å². The number of fused-ring (bicyclic) bond motifs is 1. The standard InChI is InChI=1S/C17H22N4/c1-3-10-18-16-14-8-4-5-9-15(14)19-17(20-16)21-11-6-7-13(2)12-21/h3-5,8-9,13H,1,6-7,10-12H2,2H3,(H,18,19,20). The normalized spacial score (nSPS) is 18.7. The smallest absolute Gasteiger partial charge is 0.227 e. The van der Waals surface area contributed by atoms with Crippen LogP contribution in [-0.2, 0) is 0 Å². The van der Waals surface area contributed by atoms with Crippen molar-refractivity contribution >= 4 is 22.7 Å². The Morgan fingerprint density at radius 3 is 3.05 bits per heavy atom. The molecule has 1 N–H and O–H groups in total. The van der Waals surface area contributed by atoms with E-state index in [9.17, 15) is 0 Å². The van der Waals surface area contributed by atoms with Gasteiger partial charge in [-0.15, -0.1) is 6.58 Å². The molecule has 3 rings (SSSR count). The fourth-order valence-electron chi connectivity index (χ4n) is 2.88. The molecule has 110 valence electrons. The summed E-state index contributed by atoms with van der Waals surface area (Å²) >= 11 is 0. The Morgan fingerprint density at radius 1 is 1.38 bits per heavy atom. The van der Waals surface area contributed by atoms with Crippen molar-refractivity contribution in [2.24, 2.45) is 5.92 Å². The molecule has 1 aromatic heterocycles. The number of hydrogen-bond donors (Lipinski definition) is 1. The third-order valence-electron chi connectivity index (χ3n) is 3.95. The van der Waals surface area contributed by atoms with E-state index >= 15 is 0 Å². The molecule has 4 heteroatoms. The van der Waals surface area contributed by atoms with E-state index in [0.717, 1.165) is 35.8 Å². The maximum absolute atomic E-state index is 4.75. The minimum Gasteiger partial charge on any atom is -0.366 e. The van der Waals surface area contributed by atoms with Gasteiger partial charge in [-0.2, -0.15) is 4.98 Å². The van der Waals surface area contributed by atoms with Crippen LogP contribution in [0.5, 0.6) is 0 Å². The number of nitrogens with one attached hydrogen (secondary N) is 1. The molecule has 1 aliphatic heterocycles. The van der Waals surface area contributed by atoms with E-state index in [4.69, 9.17) is 9.97 Å². The quantitative estimate of drug-likeness (QED) is 0.872. The van der Waals surface area contributed by atoms with Crippen molar-refractivity contribution in [3.63, 3.8) is 0 Å². The highest BCUT2D eigenvalue weighted by Gasteiger charge is 2.19. The molecule has 0 radical (unpaired) electrons. The summed E-state index contributed by atoms with van der Waals surface area (Å²) in [5.74, 6) is 2.44. The van der Waals surface area contributed by atoms with Gasteiger partial charge in [-0.1, -0.05) is 25.1 Å². The lowest BCUT2D eigenvalue weighted by Crippen LogP contribution is -2.35. The molecule has 1 aliphatic rings. The summed E-state index contributed by atoms with van der Waals surface area (Å²) in [5.41, 5.74) is 0.993. The number of benzene rings is 1. The van der Waals surface area contributed by atoms with Crippen LogP contribution in [0, 0.1) is 5.92 Å². The van der Waals surface area contributed by atoms with E-state index in [0.29, 0.717) is 12.5 Å². The van der Waals surface area contributed by atoms with Crippen LogP contribution in [0.25, 0.3) is 10.9 Å². The third kappa shape index (κ3) is 2.99. The van der Waals surface area contributed by atoms with Crippen LogP contribution in [-0.4, -0.2) is 29.6 Å². The van der Waals surface area contributed by atoms with Gasteiger partial charge < -0.3 is 10.2 Å². The van der Waals surface area contributed by atoms with Gasteiger partial charge in [-0.25, -0.2) is 4.98 Å². The van der Waals surface area contributed by atoms with Gasteiger partial charge in [0.15, 0.2) is 0 Å². The number of rotatable bonds is 4. The summed E-state index contributed by atoms with van der Waals surface area (Å²) in [6.07, 6.45) is 4.36. The molecule has 0 spiro atoms. The Labute approximate surface area is 125 Å². The Balaban J connectivity index is 2.00. The zero-order valence-electron chi connectivity index (χ0n) is 12.5. The lowest BCUT2D eigenvalue weighted by atomic mass is 10.0. The first kappa shape index (κ1) is 13.9. The summed E-state index contributed by atoms with van der Waals surface area (Å²) in [7, 11) is 0. The number of piperidine rings is 1. The van der Waals surface area contributed by atoms with Gasteiger partial charge in [0, 0.05) is 25.0 Å². The molecule has 1 fully saturated rings. The van der Waals surface area contributed by atoms with Gasteiger partial charge in [-0.3, -0.25) is 0 Å². The van der Waals surface area contributed by atoms with Crippen LogP contribution in [0.15, 0.2) is 36.9 Å². The van der Waals surface area contributed by atoms with Gasteiger partial charge in [0.2, 0.25) is 5.95 Å². The predicted molar refractivity (Wildman–Crippen MR) is 88.8 cm³/mol. The SMILES string of the molecule is C=CCNc1nc(N2CCCC(C)C2)nc2ccccc12. The summed E-state index contributed by atoms with van der Waals surface area (Å²) in [6, 6.07) is 8.15. The van der Waals surface area contributed by atoms with Crippen molar-refractivity contribution in [1.82, 2.24) is 9.97 Å². The largest absolute Gasteiger partial charge is 0.366 e. The van der Waals surface area contributed by atoms with E-state index in [-0.39, 0.29) is 0 Å². The Morgan fingerprint density at radius 2 is 2.24 bits per heavy atom. The average molecular weight is 282 g/mol. The topological polar surface area (TPSA) is 41.1 Å². The minimum atomic E-state index is 0.705. The molecular formula is C17H22N4. The van der Waals surface area contributed by atoms with Crippen LogP contribution in [0.4, 0.5) is 11.8 Å². The second-order valence-electron chi connectivity index (χ2n) is 5.75. The second kappa shape index (κ2) is 6.12. The second-order valence-corrected chi connectivity index (χ2v) is 5.75. The molecule has 0 aliphatic carbocycles. The molecular weight excluding hydrogens is 260 g/mol. The third-order valence-corrected chi connectivity index (χ3v) is 3.95. The monoisotopic (exact) mass is 282 g/mol. The van der Waals surface area contributed by atoms with Gasteiger partial charge in [-0.05, 0) is 30.9 Å². The molecule has 1 atom stereocenters. The van der Waals surface area contributed by atoms with Crippen molar-refractivity contribution in [2.75, 3.05) is 29.9 Å². The Hall–Kier alpha value is -2.10. The Bertz CT molecular complexity index is 638. The number of anilines is 2. The Kier molecular flexibility index (Phi) is 4.04. The first-order valence-corrected chi connectivity index (χ1v) is 7.64. The highest BCUT2D eigenvalue weighted by Crippen LogP contribution is 2.26. The van der Waals surface area contributed by atoms with E-state index in [1.807, 2.05) is 24.3 Å². The van der Waals surface area contributed by atoms with Crippen LogP contribution in [0.2, 0.25) is 0 Å². The van der Waals surface area contributed by atoms with E-state index in [1.165, 1.54) is 12.8 Å². The van der Waals surface area contributed by atoms with Gasteiger partial charge >= 0.3 is 0 Å². The molecule has 2 heterocycles. The molecule has 0 saturated carbocycles. The number of para-hydroxylation sites is 1. The predicted octanol–water partition coefficient (Wildman–Crippen LogP) is 3.46. The lowest BCUT2D eigenvalue weighted by molar-refractivity contribution is 0.442. The van der Waals surface area contributed by atoms with E-state index in [1.54, 1.807) is 0 Å². The van der Waals surface area contributed by atoms with Crippen molar-refractivity contribution < 1.29 is 0 Å². The van der Waals surface area contributed by atoms with E-state index in [2.05, 4.69) is 29.8 Å². The van der Waals surface area contributed by atoms with Crippen molar-refractivity contribution in [1.29, 1.82) is 0 Å². The zero-order valence-corrected chi connectivity index (χ0v) is 12.5. The molecule has 0 bridgehead atoms. The fourth-order valence-corrected chi connectivity index (χ4v) is 2.88. The van der Waals surface area contributed by atoms with Gasteiger partial charge in [0.05, 0.1) is 5.52 Å². The zero-order chi connectivity index (χ0) is 14.7. The maximum atomic E-state index is 4.75. The molecule has 1 unspecified atom stereocenters. The average Bonchev–Trinajstić information content (AvgIpc) is 2.52. The van der Waals surface area contributed by atoms with Crippen LogP contribution in [0.3, 0.4) is 0 Å². The molecule has 4 nitrogen and oxygen atoms in total. The number of nitrogens with zero attached hydrogens (tertiary/aromatic N) is 3. The summed E-state index contributed by atoms with van der Waals surface area (Å²) in [6.45, 7) is 8.85. The molecule has 2 aromatic rings. The van der Waals surface area contributed by atoms with Gasteiger partial charge in [0.1, 0.15) is 5.82 Å². The maximum Gasteiger partial charge on any atom is 0.227 e. The number of aromatic nitrogens is 2. The first-order valence-electron chi connectivity index (χ1n) is 7.64. The summed E-state index contributed by atoms with van der Waals surface area (Å²) < 4.78 is 0. The van der Waals surface area contributed by atoms with Crippen molar-refractivity contribution in [2.45, 2.75) is 19.8 Å². The summed E-state index contributed by atoms with van der Waals surface area (Å²) in [4.78, 5) is 11.8. The highest BCUT2D eigenvalue weighted by molar-refractivity contribution is 5.90. The van der Waals surface area contributed by atoms with Crippen LogP contribution in [0.1, 0.15) is 19.8 Å². The molecule has 1 saturated heterocycles. The van der Waals surface area contributed by atoms with Crippen molar-refractivity contribution in [3.05, 3.63) is 36.9 Å². The minimum absolute atomic E-state index is 0.705. The highest BCUT2D eigenvalue weighted by atomic mass is 15.3. The van der Waals surface area contributed by atoms with Crippen molar-refractivity contribution in [3.8, 4) is 0 Å². The molecule has 21 heavy (non-hydrogen) atoms. The fraction of sp³-hybridized carbons (Fsp3) is 0.412. The molecule has 0 amide bonds. The van der Waals surface area contributed by atoms with Crippen LogP contribution < -0.4 is 10.2 Å². The molecule has 1 aromatic carbocycles. The lowest BCUT2D eigenvalue weighted by Gasteiger charge is -2.31. The number of hydrogen-bond acceptors (Lipinski definition) is 4. The summed E-state index contributed by atoms with van der Waals surface area (Å²) in [5, 5.41) is 4.40.